The van der Waals surface area contributed by atoms with Crippen LogP contribution in [-0.2, 0) is 6.42 Å². The molecule has 0 saturated carbocycles. The fourth-order valence-corrected chi connectivity index (χ4v) is 1.89. The van der Waals surface area contributed by atoms with E-state index in [0.717, 1.165) is 5.56 Å². The minimum absolute atomic E-state index is 0.235. The Hall–Kier alpha value is -1.45. The lowest BCUT2D eigenvalue weighted by Gasteiger charge is -2.32. The van der Waals surface area contributed by atoms with Gasteiger partial charge < -0.3 is 11.5 Å². The molecule has 1 aromatic carbocycles. The highest BCUT2D eigenvalue weighted by atomic mass is 19.1. The second kappa shape index (κ2) is 4.20. The first-order valence-corrected chi connectivity index (χ1v) is 5.25. The Balaban J connectivity index is 2.21. The predicted octanol–water partition coefficient (Wildman–Crippen LogP) is 1.52. The lowest BCUT2D eigenvalue weighted by atomic mass is 9.82. The van der Waals surface area contributed by atoms with Gasteiger partial charge in [0.25, 0.3) is 0 Å². The van der Waals surface area contributed by atoms with Crippen LogP contribution in [0.25, 0.3) is 0 Å². The van der Waals surface area contributed by atoms with Crippen molar-refractivity contribution in [2.75, 3.05) is 0 Å². The largest absolute Gasteiger partial charge is 0.323 e. The quantitative estimate of drug-likeness (QED) is 0.790. The van der Waals surface area contributed by atoms with E-state index >= 15 is 0 Å². The van der Waals surface area contributed by atoms with Crippen molar-refractivity contribution in [2.24, 2.45) is 11.5 Å². The molecule has 0 radical (unpaired) electrons. The Kier molecular flexibility index (Phi) is 2.90. The van der Waals surface area contributed by atoms with Crippen LogP contribution in [0, 0.1) is 5.82 Å². The summed E-state index contributed by atoms with van der Waals surface area (Å²) in [6, 6.07) is 6.22. The molecule has 0 fully saturated rings. The van der Waals surface area contributed by atoms with Crippen molar-refractivity contribution in [3.63, 3.8) is 0 Å². The Morgan fingerprint density at radius 3 is 2.81 bits per heavy atom. The fourth-order valence-electron chi connectivity index (χ4n) is 1.89. The zero-order chi connectivity index (χ0) is 11.6. The van der Waals surface area contributed by atoms with Crippen LogP contribution in [0.5, 0.6) is 0 Å². The molecular weight excluding hydrogens is 203 g/mol. The first-order valence-electron chi connectivity index (χ1n) is 5.25. The van der Waals surface area contributed by atoms with Crippen LogP contribution in [0.1, 0.15) is 5.56 Å². The number of halogens is 1. The van der Waals surface area contributed by atoms with Gasteiger partial charge in [-0.2, -0.15) is 0 Å². The van der Waals surface area contributed by atoms with Gasteiger partial charge in [0.1, 0.15) is 5.82 Å². The summed E-state index contributed by atoms with van der Waals surface area (Å²) in [5, 5.41) is 0. The topological polar surface area (TPSA) is 52.0 Å². The van der Waals surface area contributed by atoms with Gasteiger partial charge in [-0.25, -0.2) is 4.39 Å². The molecule has 0 amide bonds. The van der Waals surface area contributed by atoms with Crippen LogP contribution in [0.3, 0.4) is 0 Å². The van der Waals surface area contributed by atoms with Crippen LogP contribution in [0.15, 0.2) is 48.6 Å². The Bertz CT molecular complexity index is 439. The highest BCUT2D eigenvalue weighted by Crippen LogP contribution is 2.20. The summed E-state index contributed by atoms with van der Waals surface area (Å²) >= 11 is 0. The van der Waals surface area contributed by atoms with Crippen molar-refractivity contribution in [1.82, 2.24) is 0 Å². The molecule has 2 unspecified atom stereocenters. The summed E-state index contributed by atoms with van der Waals surface area (Å²) in [5.74, 6) is -0.245. The second-order valence-electron chi connectivity index (χ2n) is 4.19. The van der Waals surface area contributed by atoms with Crippen LogP contribution in [0.2, 0.25) is 0 Å². The van der Waals surface area contributed by atoms with Gasteiger partial charge in [0.05, 0.1) is 5.54 Å². The molecule has 2 nitrogen and oxygen atoms in total. The summed E-state index contributed by atoms with van der Waals surface area (Å²) in [5.41, 5.74) is 12.4. The number of hydrogen-bond acceptors (Lipinski definition) is 2. The maximum atomic E-state index is 13.0. The summed E-state index contributed by atoms with van der Waals surface area (Å²) in [7, 11) is 0. The molecule has 0 aromatic heterocycles. The maximum Gasteiger partial charge on any atom is 0.123 e. The van der Waals surface area contributed by atoms with Crippen molar-refractivity contribution in [3.05, 3.63) is 60.0 Å². The van der Waals surface area contributed by atoms with E-state index in [-0.39, 0.29) is 11.9 Å². The number of benzene rings is 1. The molecule has 0 heterocycles. The van der Waals surface area contributed by atoms with Crippen molar-refractivity contribution < 1.29 is 4.39 Å². The van der Waals surface area contributed by atoms with Gasteiger partial charge in [-0.05, 0) is 24.1 Å². The van der Waals surface area contributed by atoms with Crippen LogP contribution in [0.4, 0.5) is 4.39 Å². The zero-order valence-corrected chi connectivity index (χ0v) is 8.94. The predicted molar refractivity (Wildman–Crippen MR) is 63.3 cm³/mol. The molecule has 1 aliphatic rings. The minimum atomic E-state index is -0.622. The third kappa shape index (κ3) is 2.21. The molecule has 2 atom stereocenters. The van der Waals surface area contributed by atoms with E-state index in [0.29, 0.717) is 6.42 Å². The Labute approximate surface area is 94.4 Å². The van der Waals surface area contributed by atoms with Crippen LogP contribution >= 0.6 is 0 Å². The second-order valence-corrected chi connectivity index (χ2v) is 4.19. The molecule has 1 aromatic rings. The van der Waals surface area contributed by atoms with Gasteiger partial charge in [-0.3, -0.25) is 0 Å². The molecule has 0 spiro atoms. The molecule has 3 heteroatoms. The van der Waals surface area contributed by atoms with Gasteiger partial charge in [0, 0.05) is 6.04 Å². The van der Waals surface area contributed by atoms with E-state index in [1.807, 2.05) is 30.4 Å². The van der Waals surface area contributed by atoms with Gasteiger partial charge in [-0.1, -0.05) is 36.4 Å². The number of allylic oxidation sites excluding steroid dienone is 2. The summed E-state index contributed by atoms with van der Waals surface area (Å²) in [6.45, 7) is 0. The van der Waals surface area contributed by atoms with Gasteiger partial charge in [0.2, 0.25) is 0 Å². The van der Waals surface area contributed by atoms with E-state index in [1.54, 1.807) is 6.07 Å². The van der Waals surface area contributed by atoms with Gasteiger partial charge >= 0.3 is 0 Å². The lowest BCUT2D eigenvalue weighted by molar-refractivity contribution is 0.465. The fraction of sp³-hybridized carbons (Fsp3) is 0.231. The van der Waals surface area contributed by atoms with E-state index < -0.39 is 5.54 Å². The third-order valence-electron chi connectivity index (χ3n) is 2.86. The number of nitrogens with two attached hydrogens (primary N) is 2. The first kappa shape index (κ1) is 11.0. The van der Waals surface area contributed by atoms with Crippen molar-refractivity contribution in [3.8, 4) is 0 Å². The monoisotopic (exact) mass is 218 g/mol. The molecule has 84 valence electrons. The highest BCUT2D eigenvalue weighted by molar-refractivity contribution is 5.30. The van der Waals surface area contributed by atoms with Gasteiger partial charge in [0.15, 0.2) is 0 Å². The Morgan fingerprint density at radius 1 is 1.31 bits per heavy atom. The molecular formula is C13H15FN2. The molecule has 4 N–H and O–H groups in total. The Morgan fingerprint density at radius 2 is 2.12 bits per heavy atom. The smallest absolute Gasteiger partial charge is 0.123 e. The normalized spacial score (nSPS) is 28.3. The SMILES string of the molecule is NC1C=CC=CC1(N)Cc1cccc(F)c1. The number of hydrogen-bond donors (Lipinski definition) is 2. The van der Waals surface area contributed by atoms with Crippen LogP contribution in [-0.4, -0.2) is 11.6 Å². The molecule has 0 aliphatic heterocycles. The van der Waals surface area contributed by atoms with E-state index in [2.05, 4.69) is 0 Å². The number of rotatable bonds is 2. The highest BCUT2D eigenvalue weighted by Gasteiger charge is 2.29. The standard InChI is InChI=1S/C13H15FN2/c14-11-5-3-4-10(8-11)9-13(16)7-2-1-6-12(13)15/h1-8,12H,9,15-16H2. The van der Waals surface area contributed by atoms with Crippen molar-refractivity contribution in [2.45, 2.75) is 18.0 Å². The van der Waals surface area contributed by atoms with E-state index in [4.69, 9.17) is 11.5 Å². The molecule has 1 aliphatic carbocycles. The lowest BCUT2D eigenvalue weighted by Crippen LogP contribution is -2.55. The first-order chi connectivity index (χ1) is 7.60. The molecule has 2 rings (SSSR count). The van der Waals surface area contributed by atoms with Crippen molar-refractivity contribution in [1.29, 1.82) is 0 Å². The molecule has 0 bridgehead atoms. The summed E-state index contributed by atoms with van der Waals surface area (Å²) in [6.07, 6.45) is 8.03. The van der Waals surface area contributed by atoms with E-state index in [9.17, 15) is 4.39 Å². The summed E-state index contributed by atoms with van der Waals surface area (Å²) < 4.78 is 13.0. The maximum absolute atomic E-state index is 13.0. The van der Waals surface area contributed by atoms with E-state index in [1.165, 1.54) is 12.1 Å². The minimum Gasteiger partial charge on any atom is -0.323 e. The van der Waals surface area contributed by atoms with Crippen molar-refractivity contribution >= 4 is 0 Å². The molecule has 0 saturated heterocycles. The summed E-state index contributed by atoms with van der Waals surface area (Å²) in [4.78, 5) is 0. The average Bonchev–Trinajstić information content (AvgIpc) is 2.23. The zero-order valence-electron chi connectivity index (χ0n) is 8.94. The van der Waals surface area contributed by atoms with Gasteiger partial charge in [-0.15, -0.1) is 0 Å². The average molecular weight is 218 g/mol. The molecule has 16 heavy (non-hydrogen) atoms. The third-order valence-corrected chi connectivity index (χ3v) is 2.86. The van der Waals surface area contributed by atoms with Crippen LogP contribution < -0.4 is 11.5 Å².